The third-order valence-corrected chi connectivity index (χ3v) is 5.23. The minimum atomic E-state index is -3.01. The molecule has 0 aliphatic carbocycles. The minimum Gasteiger partial charge on any atom is -0.297 e. The fourth-order valence-electron chi connectivity index (χ4n) is 2.07. The first-order valence-electron chi connectivity index (χ1n) is 6.86. The normalized spacial score (nSPS) is 21.9. The summed E-state index contributed by atoms with van der Waals surface area (Å²) in [5, 5.41) is 0. The number of sulfonamides is 1. The number of likely N-dealkylation sites (N-methyl/N-ethyl adjacent to an activating group) is 1. The van der Waals surface area contributed by atoms with Gasteiger partial charge in [-0.15, -0.1) is 0 Å². The zero-order valence-corrected chi connectivity index (χ0v) is 13.8. The Kier molecular flexibility index (Phi) is 6.82. The van der Waals surface area contributed by atoms with Gasteiger partial charge in [-0.1, -0.05) is 20.8 Å². The Balaban J connectivity index is 0.00000137. The Labute approximate surface area is 113 Å². The van der Waals surface area contributed by atoms with Crippen LogP contribution >= 0.6 is 0 Å². The predicted molar refractivity (Wildman–Crippen MR) is 78.3 cm³/mol. The van der Waals surface area contributed by atoms with Crippen molar-refractivity contribution in [3.63, 3.8) is 0 Å². The molecule has 0 aromatic carbocycles. The van der Waals surface area contributed by atoms with Crippen LogP contribution in [0.3, 0.4) is 0 Å². The van der Waals surface area contributed by atoms with Crippen LogP contribution in [0.1, 0.15) is 47.5 Å². The molecule has 0 spiro atoms. The van der Waals surface area contributed by atoms with Gasteiger partial charge in [-0.25, -0.2) is 12.7 Å². The van der Waals surface area contributed by atoms with Gasteiger partial charge in [-0.2, -0.15) is 0 Å². The van der Waals surface area contributed by atoms with E-state index in [4.69, 9.17) is 0 Å². The SMILES string of the molecule is CC.CCC(C)(C)N(C)[C@H]1CCN(S(C)(=O)=O)C1. The van der Waals surface area contributed by atoms with E-state index in [1.165, 1.54) is 6.26 Å². The fraction of sp³-hybridized carbons (Fsp3) is 1.00. The smallest absolute Gasteiger partial charge is 0.211 e. The molecule has 18 heavy (non-hydrogen) atoms. The lowest BCUT2D eigenvalue weighted by atomic mass is 9.97. The molecular formula is C13H30N2O2S. The van der Waals surface area contributed by atoms with Crippen LogP contribution in [0.15, 0.2) is 0 Å². The molecule has 1 aliphatic heterocycles. The van der Waals surface area contributed by atoms with E-state index in [1.807, 2.05) is 13.8 Å². The topological polar surface area (TPSA) is 40.6 Å². The maximum Gasteiger partial charge on any atom is 0.211 e. The molecule has 1 atom stereocenters. The first-order chi connectivity index (χ1) is 8.18. The van der Waals surface area contributed by atoms with Gasteiger partial charge in [-0.05, 0) is 33.7 Å². The molecule has 0 aromatic heterocycles. The fourth-order valence-corrected chi connectivity index (χ4v) is 2.95. The molecule has 0 radical (unpaired) electrons. The highest BCUT2D eigenvalue weighted by Crippen LogP contribution is 2.25. The Morgan fingerprint density at radius 3 is 2.17 bits per heavy atom. The minimum absolute atomic E-state index is 0.137. The summed E-state index contributed by atoms with van der Waals surface area (Å²) in [4.78, 5) is 2.32. The summed E-state index contributed by atoms with van der Waals surface area (Å²) in [7, 11) is -0.917. The number of hydrogen-bond donors (Lipinski definition) is 0. The van der Waals surface area contributed by atoms with Crippen LogP contribution in [-0.4, -0.2) is 55.6 Å². The molecule has 0 aromatic rings. The van der Waals surface area contributed by atoms with Gasteiger partial charge in [0, 0.05) is 24.7 Å². The van der Waals surface area contributed by atoms with E-state index in [-0.39, 0.29) is 5.54 Å². The second-order valence-corrected chi connectivity index (χ2v) is 7.32. The second kappa shape index (κ2) is 6.87. The zero-order valence-electron chi connectivity index (χ0n) is 13.0. The highest BCUT2D eigenvalue weighted by molar-refractivity contribution is 7.88. The third kappa shape index (κ3) is 4.52. The lowest BCUT2D eigenvalue weighted by molar-refractivity contribution is 0.103. The Morgan fingerprint density at radius 1 is 1.33 bits per heavy atom. The maximum absolute atomic E-state index is 11.4. The average molecular weight is 278 g/mol. The monoisotopic (exact) mass is 278 g/mol. The second-order valence-electron chi connectivity index (χ2n) is 5.34. The quantitative estimate of drug-likeness (QED) is 0.791. The van der Waals surface area contributed by atoms with Crippen molar-refractivity contribution < 1.29 is 8.42 Å². The Morgan fingerprint density at radius 2 is 1.83 bits per heavy atom. The van der Waals surface area contributed by atoms with E-state index >= 15 is 0 Å². The highest BCUT2D eigenvalue weighted by Gasteiger charge is 2.35. The van der Waals surface area contributed by atoms with Crippen molar-refractivity contribution in [1.29, 1.82) is 0 Å². The van der Waals surface area contributed by atoms with E-state index < -0.39 is 10.0 Å². The van der Waals surface area contributed by atoms with Crippen LogP contribution in [0, 0.1) is 0 Å². The highest BCUT2D eigenvalue weighted by atomic mass is 32.2. The molecule has 110 valence electrons. The van der Waals surface area contributed by atoms with Crippen molar-refractivity contribution in [1.82, 2.24) is 9.21 Å². The Hall–Kier alpha value is -0.130. The molecule has 1 saturated heterocycles. The van der Waals surface area contributed by atoms with Gasteiger partial charge >= 0.3 is 0 Å². The van der Waals surface area contributed by atoms with Crippen LogP contribution in [0.5, 0.6) is 0 Å². The van der Waals surface area contributed by atoms with Crippen molar-refractivity contribution in [3.05, 3.63) is 0 Å². The summed E-state index contributed by atoms with van der Waals surface area (Å²) >= 11 is 0. The molecule has 0 bridgehead atoms. The lowest BCUT2D eigenvalue weighted by Crippen LogP contribution is -2.48. The van der Waals surface area contributed by atoms with Crippen LogP contribution in [0.25, 0.3) is 0 Å². The van der Waals surface area contributed by atoms with Crippen molar-refractivity contribution in [2.45, 2.75) is 59.0 Å². The van der Waals surface area contributed by atoms with E-state index in [2.05, 4.69) is 32.7 Å². The summed E-state index contributed by atoms with van der Waals surface area (Å²) in [6.45, 7) is 11.9. The molecule has 1 rings (SSSR count). The van der Waals surface area contributed by atoms with Crippen molar-refractivity contribution in [2.75, 3.05) is 26.4 Å². The van der Waals surface area contributed by atoms with Crippen LogP contribution in [0.4, 0.5) is 0 Å². The molecule has 4 nitrogen and oxygen atoms in total. The molecule has 5 heteroatoms. The first kappa shape index (κ1) is 17.9. The van der Waals surface area contributed by atoms with Gasteiger partial charge in [0.15, 0.2) is 0 Å². The largest absolute Gasteiger partial charge is 0.297 e. The zero-order chi connectivity index (χ0) is 14.6. The molecule has 1 aliphatic rings. The van der Waals surface area contributed by atoms with Gasteiger partial charge in [0.05, 0.1) is 6.26 Å². The van der Waals surface area contributed by atoms with Crippen molar-refractivity contribution in [2.24, 2.45) is 0 Å². The first-order valence-corrected chi connectivity index (χ1v) is 8.71. The maximum atomic E-state index is 11.4. The van der Waals surface area contributed by atoms with E-state index in [0.717, 1.165) is 12.8 Å². The molecule has 0 N–H and O–H groups in total. The lowest BCUT2D eigenvalue weighted by Gasteiger charge is -2.39. The average Bonchev–Trinajstić information content (AvgIpc) is 2.79. The Bertz CT molecular complexity index is 339. The molecule has 0 saturated carbocycles. The van der Waals surface area contributed by atoms with Gasteiger partial charge in [0.1, 0.15) is 0 Å². The molecule has 0 unspecified atom stereocenters. The van der Waals surface area contributed by atoms with Gasteiger partial charge < -0.3 is 0 Å². The predicted octanol–water partition coefficient (Wildman–Crippen LogP) is 2.17. The van der Waals surface area contributed by atoms with Crippen LogP contribution < -0.4 is 0 Å². The summed E-state index contributed by atoms with van der Waals surface area (Å²) in [6, 6.07) is 0.352. The van der Waals surface area contributed by atoms with E-state index in [9.17, 15) is 8.42 Å². The summed E-state index contributed by atoms with van der Waals surface area (Å²) in [6.07, 6.45) is 3.30. The van der Waals surface area contributed by atoms with E-state index in [0.29, 0.717) is 19.1 Å². The third-order valence-electron chi connectivity index (χ3n) is 3.96. The molecular weight excluding hydrogens is 248 g/mol. The van der Waals surface area contributed by atoms with Crippen molar-refractivity contribution in [3.8, 4) is 0 Å². The summed E-state index contributed by atoms with van der Waals surface area (Å²) in [5.41, 5.74) is 0.137. The molecule has 1 heterocycles. The summed E-state index contributed by atoms with van der Waals surface area (Å²) < 4.78 is 24.4. The van der Waals surface area contributed by atoms with Crippen LogP contribution in [0.2, 0.25) is 0 Å². The van der Waals surface area contributed by atoms with Crippen molar-refractivity contribution >= 4 is 10.0 Å². The molecule has 1 fully saturated rings. The summed E-state index contributed by atoms with van der Waals surface area (Å²) in [5.74, 6) is 0. The van der Waals surface area contributed by atoms with Crippen LogP contribution in [-0.2, 0) is 10.0 Å². The standard InChI is InChI=1S/C11H24N2O2S.C2H6/c1-6-11(2,3)12(4)10-7-8-13(9-10)16(5,14)15;1-2/h10H,6-9H2,1-5H3;1-2H3/t10-;/m0./s1. The van der Waals surface area contributed by atoms with Gasteiger partial charge in [-0.3, -0.25) is 4.90 Å². The molecule has 0 amide bonds. The number of nitrogens with zero attached hydrogens (tertiary/aromatic N) is 2. The van der Waals surface area contributed by atoms with E-state index in [1.54, 1.807) is 4.31 Å². The number of hydrogen-bond acceptors (Lipinski definition) is 3. The van der Waals surface area contributed by atoms with Gasteiger partial charge in [0.2, 0.25) is 10.0 Å². The number of rotatable bonds is 4. The van der Waals surface area contributed by atoms with Gasteiger partial charge in [0.25, 0.3) is 0 Å².